The third kappa shape index (κ3) is 2.91. The average molecular weight is 333 g/mol. The molecule has 1 aromatic carbocycles. The predicted octanol–water partition coefficient (Wildman–Crippen LogP) is 3.16. The van der Waals surface area contributed by atoms with Crippen molar-refractivity contribution in [2.45, 2.75) is 32.2 Å². The molecular weight excluding hydrogens is 314 g/mol. The first-order valence-electron chi connectivity index (χ1n) is 8.45. The molecule has 3 aromatic rings. The summed E-state index contributed by atoms with van der Waals surface area (Å²) in [5.74, 6) is 0.501. The van der Waals surface area contributed by atoms with Crippen molar-refractivity contribution < 1.29 is 4.79 Å². The number of aryl methyl sites for hydroxylation is 2. The number of rotatable bonds is 3. The van der Waals surface area contributed by atoms with Gasteiger partial charge in [-0.25, -0.2) is 4.68 Å². The normalized spacial score (nSPS) is 16.3. The fourth-order valence-electron chi connectivity index (χ4n) is 3.47. The van der Waals surface area contributed by atoms with E-state index in [1.54, 1.807) is 19.2 Å². The fourth-order valence-corrected chi connectivity index (χ4v) is 3.47. The van der Waals surface area contributed by atoms with Gasteiger partial charge in [0.05, 0.1) is 29.7 Å². The van der Waals surface area contributed by atoms with Crippen molar-refractivity contribution in [2.24, 2.45) is 0 Å². The summed E-state index contributed by atoms with van der Waals surface area (Å²) >= 11 is 0. The van der Waals surface area contributed by atoms with Crippen LogP contribution in [0, 0.1) is 6.92 Å². The molecule has 2 heterocycles. The molecule has 0 spiro atoms. The molecule has 0 saturated heterocycles. The molecule has 2 aromatic heterocycles. The summed E-state index contributed by atoms with van der Waals surface area (Å²) in [7, 11) is 0. The lowest BCUT2D eigenvalue weighted by Gasteiger charge is -2.27. The van der Waals surface area contributed by atoms with Crippen LogP contribution in [-0.4, -0.2) is 25.9 Å². The second kappa shape index (κ2) is 6.47. The van der Waals surface area contributed by atoms with Crippen LogP contribution in [0.25, 0.3) is 0 Å². The summed E-state index contributed by atoms with van der Waals surface area (Å²) in [5, 5.41) is 15.2. The van der Waals surface area contributed by atoms with Gasteiger partial charge in [-0.2, -0.15) is 15.3 Å². The van der Waals surface area contributed by atoms with Crippen molar-refractivity contribution >= 4 is 11.7 Å². The van der Waals surface area contributed by atoms with Gasteiger partial charge in [-0.1, -0.05) is 24.3 Å². The molecule has 6 heteroatoms. The van der Waals surface area contributed by atoms with Gasteiger partial charge in [-0.3, -0.25) is 4.79 Å². The predicted molar refractivity (Wildman–Crippen MR) is 94.5 cm³/mol. The molecule has 0 fully saturated rings. The van der Waals surface area contributed by atoms with Crippen molar-refractivity contribution in [1.82, 2.24) is 20.0 Å². The third-order valence-electron chi connectivity index (χ3n) is 4.69. The Bertz CT molecular complexity index is 917. The number of nitrogens with zero attached hydrogens (tertiary/aromatic N) is 4. The Labute approximate surface area is 145 Å². The zero-order chi connectivity index (χ0) is 17.2. The van der Waals surface area contributed by atoms with E-state index in [0.29, 0.717) is 17.1 Å². The van der Waals surface area contributed by atoms with Gasteiger partial charge in [0.15, 0.2) is 0 Å². The zero-order valence-corrected chi connectivity index (χ0v) is 14.0. The number of fused-ring (bicyclic) bond motifs is 1. The smallest absolute Gasteiger partial charge is 0.258 e. The minimum Gasteiger partial charge on any atom is -0.307 e. The second-order valence-corrected chi connectivity index (χ2v) is 6.25. The van der Waals surface area contributed by atoms with E-state index in [9.17, 15) is 4.79 Å². The number of nitrogens with one attached hydrogen (secondary N) is 1. The Balaban J connectivity index is 1.64. The molecule has 1 aliphatic carbocycles. The molecule has 0 radical (unpaired) electrons. The van der Waals surface area contributed by atoms with Crippen LogP contribution in [0.5, 0.6) is 0 Å². The van der Waals surface area contributed by atoms with Crippen molar-refractivity contribution in [2.75, 3.05) is 5.32 Å². The maximum Gasteiger partial charge on any atom is 0.258 e. The Morgan fingerprint density at radius 1 is 1.20 bits per heavy atom. The van der Waals surface area contributed by atoms with Crippen molar-refractivity contribution in [1.29, 1.82) is 0 Å². The molecule has 1 unspecified atom stereocenters. The Kier molecular flexibility index (Phi) is 4.01. The number of hydrogen-bond donors (Lipinski definition) is 1. The first-order chi connectivity index (χ1) is 12.2. The van der Waals surface area contributed by atoms with E-state index in [1.807, 2.05) is 10.7 Å². The highest BCUT2D eigenvalue weighted by atomic mass is 16.1. The first-order valence-corrected chi connectivity index (χ1v) is 8.45. The van der Waals surface area contributed by atoms with Gasteiger partial charge < -0.3 is 5.32 Å². The quantitative estimate of drug-likeness (QED) is 0.799. The molecule has 126 valence electrons. The highest BCUT2D eigenvalue weighted by molar-refractivity contribution is 6.04. The fraction of sp³-hybridized carbons (Fsp3) is 0.263. The molecule has 1 N–H and O–H groups in total. The van der Waals surface area contributed by atoms with E-state index in [-0.39, 0.29) is 11.9 Å². The number of benzene rings is 1. The van der Waals surface area contributed by atoms with Gasteiger partial charge in [0.2, 0.25) is 0 Å². The molecule has 1 atom stereocenters. The molecule has 0 aliphatic heterocycles. The van der Waals surface area contributed by atoms with E-state index >= 15 is 0 Å². The largest absolute Gasteiger partial charge is 0.307 e. The Hall–Kier alpha value is -3.02. The molecule has 4 rings (SSSR count). The molecule has 6 nitrogen and oxygen atoms in total. The number of amides is 1. The van der Waals surface area contributed by atoms with Crippen LogP contribution in [0.1, 0.15) is 46.1 Å². The van der Waals surface area contributed by atoms with Crippen LogP contribution >= 0.6 is 0 Å². The summed E-state index contributed by atoms with van der Waals surface area (Å²) in [6.07, 6.45) is 6.47. The van der Waals surface area contributed by atoms with Gasteiger partial charge in [0.25, 0.3) is 5.91 Å². The minimum atomic E-state index is -0.196. The highest BCUT2D eigenvalue weighted by Crippen LogP contribution is 2.34. The minimum absolute atomic E-state index is 0.145. The number of carbonyl (C=O) groups excluding carboxylic acids is 1. The topological polar surface area (TPSA) is 72.7 Å². The molecular formula is C19H19N5O. The lowest BCUT2D eigenvalue weighted by molar-refractivity contribution is 0.102. The molecule has 0 bridgehead atoms. The van der Waals surface area contributed by atoms with Gasteiger partial charge in [0, 0.05) is 6.07 Å². The Morgan fingerprint density at radius 3 is 2.96 bits per heavy atom. The van der Waals surface area contributed by atoms with Crippen LogP contribution in [0.15, 0.2) is 48.8 Å². The highest BCUT2D eigenvalue weighted by Gasteiger charge is 2.24. The van der Waals surface area contributed by atoms with E-state index < -0.39 is 0 Å². The molecule has 25 heavy (non-hydrogen) atoms. The molecule has 1 aliphatic rings. The van der Waals surface area contributed by atoms with E-state index in [0.717, 1.165) is 19.3 Å². The third-order valence-corrected chi connectivity index (χ3v) is 4.69. The van der Waals surface area contributed by atoms with Crippen LogP contribution in [0.2, 0.25) is 0 Å². The zero-order valence-electron chi connectivity index (χ0n) is 14.0. The van der Waals surface area contributed by atoms with Gasteiger partial charge in [-0.15, -0.1) is 0 Å². The number of aromatic nitrogens is 4. The monoisotopic (exact) mass is 333 g/mol. The van der Waals surface area contributed by atoms with E-state index in [4.69, 9.17) is 0 Å². The summed E-state index contributed by atoms with van der Waals surface area (Å²) < 4.78 is 1.92. The van der Waals surface area contributed by atoms with Crippen LogP contribution < -0.4 is 5.32 Å². The number of anilines is 1. The summed E-state index contributed by atoms with van der Waals surface area (Å²) in [6.45, 7) is 1.77. The summed E-state index contributed by atoms with van der Waals surface area (Å²) in [4.78, 5) is 12.6. The van der Waals surface area contributed by atoms with Crippen LogP contribution in [0.4, 0.5) is 5.82 Å². The van der Waals surface area contributed by atoms with Crippen molar-refractivity contribution in [3.63, 3.8) is 0 Å². The number of hydrogen-bond acceptors (Lipinski definition) is 4. The number of carbonyl (C=O) groups is 1. The van der Waals surface area contributed by atoms with Gasteiger partial charge in [-0.05, 0) is 43.4 Å². The molecule has 0 saturated carbocycles. The Morgan fingerprint density at radius 2 is 2.08 bits per heavy atom. The van der Waals surface area contributed by atoms with Gasteiger partial charge in [0.1, 0.15) is 5.82 Å². The van der Waals surface area contributed by atoms with Crippen LogP contribution in [-0.2, 0) is 6.42 Å². The second-order valence-electron chi connectivity index (χ2n) is 6.25. The SMILES string of the molecule is Cc1nnccc1C(=O)Nc1ccnn1C1CCCc2ccccc21. The standard InChI is InChI=1S/C19H19N5O/c1-13-15(9-11-20-23-13)19(25)22-18-10-12-21-24(18)17-8-4-6-14-5-2-3-7-16(14)17/h2-3,5,7,9-12,17H,4,6,8H2,1H3,(H,22,25). The summed E-state index contributed by atoms with van der Waals surface area (Å²) in [5.41, 5.74) is 3.77. The maximum absolute atomic E-state index is 12.6. The van der Waals surface area contributed by atoms with Gasteiger partial charge >= 0.3 is 0 Å². The maximum atomic E-state index is 12.6. The average Bonchev–Trinajstić information content (AvgIpc) is 3.09. The van der Waals surface area contributed by atoms with E-state index in [1.165, 1.54) is 17.3 Å². The van der Waals surface area contributed by atoms with Crippen molar-refractivity contribution in [3.05, 3.63) is 71.2 Å². The van der Waals surface area contributed by atoms with Crippen molar-refractivity contribution in [3.8, 4) is 0 Å². The van der Waals surface area contributed by atoms with E-state index in [2.05, 4.69) is 44.9 Å². The lowest BCUT2D eigenvalue weighted by Crippen LogP contribution is -2.22. The van der Waals surface area contributed by atoms with Crippen LogP contribution in [0.3, 0.4) is 0 Å². The lowest BCUT2D eigenvalue weighted by atomic mass is 9.88. The molecule has 1 amide bonds. The summed E-state index contributed by atoms with van der Waals surface area (Å²) in [6, 6.07) is 12.1. The first kappa shape index (κ1) is 15.5.